The van der Waals surface area contributed by atoms with Gasteiger partial charge in [0.25, 0.3) is 5.91 Å². The van der Waals surface area contributed by atoms with E-state index in [2.05, 4.69) is 15.2 Å². The van der Waals surface area contributed by atoms with E-state index in [0.29, 0.717) is 28.5 Å². The van der Waals surface area contributed by atoms with Crippen LogP contribution in [0.3, 0.4) is 0 Å². The molecular formula is C24H27N3O4. The first kappa shape index (κ1) is 20.8. The first-order valence-corrected chi connectivity index (χ1v) is 10.4. The average Bonchev–Trinajstić information content (AvgIpc) is 2.83. The summed E-state index contributed by atoms with van der Waals surface area (Å²) in [6.07, 6.45) is 5.25. The lowest BCUT2D eigenvalue weighted by atomic mass is 10.0. The predicted octanol–water partition coefficient (Wildman–Crippen LogP) is 4.50. The van der Waals surface area contributed by atoms with Crippen LogP contribution in [0.25, 0.3) is 10.8 Å². The van der Waals surface area contributed by atoms with Crippen LogP contribution in [0.5, 0.6) is 17.2 Å². The molecule has 1 saturated heterocycles. The second kappa shape index (κ2) is 9.12. The van der Waals surface area contributed by atoms with E-state index in [1.807, 2.05) is 24.3 Å². The Labute approximate surface area is 181 Å². The van der Waals surface area contributed by atoms with Gasteiger partial charge in [0.2, 0.25) is 5.75 Å². The number of hydrogen-bond donors (Lipinski definition) is 1. The van der Waals surface area contributed by atoms with Gasteiger partial charge >= 0.3 is 0 Å². The number of fused-ring (bicyclic) bond motifs is 1. The van der Waals surface area contributed by atoms with Crippen molar-refractivity contribution in [1.82, 2.24) is 4.98 Å². The van der Waals surface area contributed by atoms with E-state index in [1.54, 1.807) is 39.7 Å². The van der Waals surface area contributed by atoms with Crippen LogP contribution in [0.4, 0.5) is 11.5 Å². The number of carbonyl (C=O) groups excluding carboxylic acids is 1. The summed E-state index contributed by atoms with van der Waals surface area (Å²) in [7, 11) is 4.62. The fourth-order valence-corrected chi connectivity index (χ4v) is 4.07. The number of methoxy groups -OCH3 is 3. The molecule has 1 aliphatic heterocycles. The Morgan fingerprint density at radius 3 is 2.19 bits per heavy atom. The number of carbonyl (C=O) groups is 1. The Balaban J connectivity index is 1.69. The van der Waals surface area contributed by atoms with E-state index >= 15 is 0 Å². The Bertz CT molecular complexity index is 1070. The minimum absolute atomic E-state index is 0.247. The zero-order chi connectivity index (χ0) is 21.8. The quantitative estimate of drug-likeness (QED) is 0.632. The number of hydrogen-bond acceptors (Lipinski definition) is 6. The van der Waals surface area contributed by atoms with Gasteiger partial charge in [-0.2, -0.15) is 0 Å². The molecule has 4 rings (SSSR count). The molecule has 1 fully saturated rings. The minimum Gasteiger partial charge on any atom is -0.493 e. The Morgan fingerprint density at radius 2 is 1.58 bits per heavy atom. The molecule has 7 nitrogen and oxygen atoms in total. The Hall–Kier alpha value is -3.48. The summed E-state index contributed by atoms with van der Waals surface area (Å²) in [5.74, 6) is 2.12. The summed E-state index contributed by atoms with van der Waals surface area (Å²) in [5.41, 5.74) is 1.06. The van der Waals surface area contributed by atoms with Gasteiger partial charge in [-0.25, -0.2) is 4.98 Å². The molecule has 1 amide bonds. The molecular weight excluding hydrogens is 394 g/mol. The first-order valence-electron chi connectivity index (χ1n) is 10.4. The van der Waals surface area contributed by atoms with E-state index in [1.165, 1.54) is 19.3 Å². The van der Waals surface area contributed by atoms with E-state index in [-0.39, 0.29) is 5.91 Å². The highest BCUT2D eigenvalue weighted by Crippen LogP contribution is 2.40. The van der Waals surface area contributed by atoms with Gasteiger partial charge in [0.1, 0.15) is 5.82 Å². The normalized spacial score (nSPS) is 13.7. The number of nitrogens with one attached hydrogen (secondary N) is 1. The second-order valence-corrected chi connectivity index (χ2v) is 7.46. The van der Waals surface area contributed by atoms with Gasteiger partial charge in [-0.05, 0) is 24.6 Å². The molecule has 2 heterocycles. The largest absolute Gasteiger partial charge is 0.493 e. The van der Waals surface area contributed by atoms with E-state index < -0.39 is 0 Å². The first-order chi connectivity index (χ1) is 15.2. The summed E-state index contributed by atoms with van der Waals surface area (Å²) >= 11 is 0. The highest BCUT2D eigenvalue weighted by molar-refractivity contribution is 6.14. The number of nitrogens with zero attached hydrogens (tertiary/aromatic N) is 2. The van der Waals surface area contributed by atoms with Gasteiger partial charge in [0.05, 0.1) is 26.9 Å². The molecule has 7 heteroatoms. The third kappa shape index (κ3) is 4.08. The molecule has 0 spiro atoms. The number of rotatable bonds is 6. The lowest BCUT2D eigenvalue weighted by molar-refractivity contribution is 0.102. The van der Waals surface area contributed by atoms with Crippen molar-refractivity contribution in [3.8, 4) is 17.2 Å². The topological polar surface area (TPSA) is 72.9 Å². The maximum absolute atomic E-state index is 13.2. The van der Waals surface area contributed by atoms with Crippen LogP contribution in [0.1, 0.15) is 29.6 Å². The van der Waals surface area contributed by atoms with Crippen molar-refractivity contribution in [2.45, 2.75) is 19.3 Å². The van der Waals surface area contributed by atoms with Gasteiger partial charge in [-0.1, -0.05) is 24.3 Å². The number of piperidine rings is 1. The number of pyridine rings is 1. The molecule has 31 heavy (non-hydrogen) atoms. The molecule has 0 unspecified atom stereocenters. The van der Waals surface area contributed by atoms with Gasteiger partial charge < -0.3 is 24.4 Å². The van der Waals surface area contributed by atoms with Crippen LogP contribution in [0.2, 0.25) is 0 Å². The van der Waals surface area contributed by atoms with Crippen LogP contribution in [-0.2, 0) is 0 Å². The van der Waals surface area contributed by atoms with Gasteiger partial charge in [-0.15, -0.1) is 0 Å². The van der Waals surface area contributed by atoms with E-state index in [4.69, 9.17) is 14.2 Å². The molecule has 0 aliphatic carbocycles. The van der Waals surface area contributed by atoms with Crippen molar-refractivity contribution < 1.29 is 19.0 Å². The summed E-state index contributed by atoms with van der Waals surface area (Å²) in [4.78, 5) is 20.2. The maximum atomic E-state index is 13.2. The number of benzene rings is 2. The van der Waals surface area contributed by atoms with E-state index in [0.717, 1.165) is 29.7 Å². The van der Waals surface area contributed by atoms with Crippen molar-refractivity contribution in [2.75, 3.05) is 44.6 Å². The number of ether oxygens (including phenoxy) is 3. The molecule has 2 aromatic carbocycles. The molecule has 1 N–H and O–H groups in total. The fraction of sp³-hybridized carbons (Fsp3) is 0.333. The Kier molecular flexibility index (Phi) is 6.11. The number of aromatic nitrogens is 1. The SMILES string of the molecule is COc1cc(NC(=O)c2cnc(N3CCCCC3)c3ccccc23)cc(OC)c1OC. The monoisotopic (exact) mass is 421 g/mol. The van der Waals surface area contributed by atoms with Crippen LogP contribution in [-0.4, -0.2) is 45.3 Å². The van der Waals surface area contributed by atoms with E-state index in [9.17, 15) is 4.79 Å². The highest BCUT2D eigenvalue weighted by atomic mass is 16.5. The zero-order valence-electron chi connectivity index (χ0n) is 18.1. The fourth-order valence-electron chi connectivity index (χ4n) is 4.07. The van der Waals surface area contributed by atoms with Crippen molar-refractivity contribution in [2.24, 2.45) is 0 Å². The minimum atomic E-state index is -0.247. The lowest BCUT2D eigenvalue weighted by Crippen LogP contribution is -2.30. The highest BCUT2D eigenvalue weighted by Gasteiger charge is 2.20. The second-order valence-electron chi connectivity index (χ2n) is 7.46. The summed E-state index contributed by atoms with van der Waals surface area (Å²) in [6, 6.07) is 11.3. The third-order valence-corrected chi connectivity index (χ3v) is 5.60. The van der Waals surface area contributed by atoms with Crippen LogP contribution in [0.15, 0.2) is 42.6 Å². The summed E-state index contributed by atoms with van der Waals surface area (Å²) < 4.78 is 16.1. The maximum Gasteiger partial charge on any atom is 0.257 e. The number of anilines is 2. The van der Waals surface area contributed by atoms with Crippen molar-refractivity contribution in [1.29, 1.82) is 0 Å². The Morgan fingerprint density at radius 1 is 0.935 bits per heavy atom. The molecule has 1 aliphatic rings. The van der Waals surface area contributed by atoms with Crippen molar-refractivity contribution >= 4 is 28.2 Å². The van der Waals surface area contributed by atoms with Crippen molar-refractivity contribution in [3.05, 3.63) is 48.2 Å². The molecule has 1 aromatic heterocycles. The number of amides is 1. The van der Waals surface area contributed by atoms with Crippen LogP contribution in [0, 0.1) is 0 Å². The van der Waals surface area contributed by atoms with Gasteiger partial charge in [-0.3, -0.25) is 4.79 Å². The van der Waals surface area contributed by atoms with Gasteiger partial charge in [0.15, 0.2) is 11.5 Å². The average molecular weight is 421 g/mol. The molecule has 0 saturated carbocycles. The van der Waals surface area contributed by atoms with Gasteiger partial charge in [0, 0.05) is 42.5 Å². The van der Waals surface area contributed by atoms with Crippen molar-refractivity contribution in [3.63, 3.8) is 0 Å². The molecule has 0 radical (unpaired) electrons. The standard InChI is InChI=1S/C24H27N3O4/c1-29-20-13-16(14-21(30-2)22(20)31-3)26-24(28)19-15-25-23(27-11-7-4-8-12-27)18-10-6-5-9-17(18)19/h5-6,9-10,13-15H,4,7-8,11-12H2,1-3H3,(H,26,28). The lowest BCUT2D eigenvalue weighted by Gasteiger charge is -2.29. The molecule has 3 aromatic rings. The third-order valence-electron chi connectivity index (χ3n) is 5.60. The van der Waals surface area contributed by atoms with Crippen LogP contribution < -0.4 is 24.4 Å². The zero-order valence-corrected chi connectivity index (χ0v) is 18.1. The van der Waals surface area contributed by atoms with Crippen LogP contribution >= 0.6 is 0 Å². The predicted molar refractivity (Wildman–Crippen MR) is 122 cm³/mol. The molecule has 0 bridgehead atoms. The summed E-state index contributed by atoms with van der Waals surface area (Å²) in [6.45, 7) is 1.99. The molecule has 0 atom stereocenters. The smallest absolute Gasteiger partial charge is 0.257 e. The molecule has 162 valence electrons. The summed E-state index contributed by atoms with van der Waals surface area (Å²) in [5, 5.41) is 4.81.